The third kappa shape index (κ3) is 4.94. The lowest BCUT2D eigenvalue weighted by molar-refractivity contribution is -0.142. The van der Waals surface area contributed by atoms with Crippen LogP contribution in [0.15, 0.2) is 18.6 Å². The van der Waals surface area contributed by atoms with Gasteiger partial charge in [0.1, 0.15) is 6.54 Å². The molecule has 5 nitrogen and oxygen atoms in total. The molecule has 124 valence electrons. The lowest BCUT2D eigenvalue weighted by atomic mass is 10.3. The normalized spacial score (nSPS) is 11.6. The molecule has 0 radical (unpaired) electrons. The van der Waals surface area contributed by atoms with Gasteiger partial charge >= 0.3 is 6.18 Å². The molecule has 1 N–H and O–H groups in total. The molecule has 0 atom stereocenters. The molecular weight excluding hydrogens is 319 g/mol. The molecule has 0 saturated heterocycles. The van der Waals surface area contributed by atoms with Crippen LogP contribution in [-0.4, -0.2) is 25.7 Å². The van der Waals surface area contributed by atoms with Crippen LogP contribution >= 0.6 is 12.4 Å². The molecule has 0 saturated carbocycles. The highest BCUT2D eigenvalue weighted by Crippen LogP contribution is 2.18. The van der Waals surface area contributed by atoms with Crippen molar-refractivity contribution in [1.29, 1.82) is 0 Å². The molecule has 9 heteroatoms. The molecule has 22 heavy (non-hydrogen) atoms. The van der Waals surface area contributed by atoms with Crippen LogP contribution in [-0.2, 0) is 13.1 Å². The summed E-state index contributed by atoms with van der Waals surface area (Å²) in [4.78, 5) is 0. The number of anilines is 1. The first kappa shape index (κ1) is 18.3. The van der Waals surface area contributed by atoms with Gasteiger partial charge < -0.3 is 5.32 Å². The van der Waals surface area contributed by atoms with E-state index in [1.54, 1.807) is 0 Å². The van der Waals surface area contributed by atoms with Gasteiger partial charge in [-0.2, -0.15) is 23.4 Å². The Balaban J connectivity index is 0.00000242. The van der Waals surface area contributed by atoms with Crippen LogP contribution in [0.4, 0.5) is 19.0 Å². The van der Waals surface area contributed by atoms with Crippen LogP contribution in [0.5, 0.6) is 0 Å². The van der Waals surface area contributed by atoms with Gasteiger partial charge in [0.25, 0.3) is 0 Å². The van der Waals surface area contributed by atoms with Crippen LogP contribution in [0.25, 0.3) is 0 Å². The van der Waals surface area contributed by atoms with Gasteiger partial charge in [-0.25, -0.2) is 0 Å². The molecule has 0 bridgehead atoms. The van der Waals surface area contributed by atoms with Gasteiger partial charge in [0.15, 0.2) is 5.82 Å². The van der Waals surface area contributed by atoms with Crippen LogP contribution in [0.1, 0.15) is 31.0 Å². The fraction of sp³-hybridized carbons (Fsp3) is 0.538. The summed E-state index contributed by atoms with van der Waals surface area (Å²) in [6.45, 7) is 5.29. The molecule has 0 unspecified atom stereocenters. The van der Waals surface area contributed by atoms with Gasteiger partial charge in [-0.15, -0.1) is 12.4 Å². The number of halogens is 4. The molecule has 0 aromatic carbocycles. The van der Waals surface area contributed by atoms with E-state index in [-0.39, 0.29) is 18.4 Å². The molecule has 0 amide bonds. The monoisotopic (exact) mass is 337 g/mol. The summed E-state index contributed by atoms with van der Waals surface area (Å²) in [7, 11) is 0. The van der Waals surface area contributed by atoms with Gasteiger partial charge in [-0.05, 0) is 20.8 Å². The maximum absolute atomic E-state index is 12.2. The first-order valence-corrected chi connectivity index (χ1v) is 6.62. The van der Waals surface area contributed by atoms with E-state index in [9.17, 15) is 13.2 Å². The average Bonchev–Trinajstić information content (AvgIpc) is 2.91. The number of rotatable bonds is 5. The second-order valence-electron chi connectivity index (χ2n) is 5.25. The highest BCUT2D eigenvalue weighted by molar-refractivity contribution is 5.85. The summed E-state index contributed by atoms with van der Waals surface area (Å²) >= 11 is 0. The lowest BCUT2D eigenvalue weighted by Crippen LogP contribution is -2.17. The minimum absolute atomic E-state index is 0. The van der Waals surface area contributed by atoms with E-state index in [4.69, 9.17) is 0 Å². The molecule has 0 aliphatic carbocycles. The molecule has 2 aromatic rings. The van der Waals surface area contributed by atoms with Gasteiger partial charge in [-0.3, -0.25) is 9.36 Å². The fourth-order valence-electron chi connectivity index (χ4n) is 1.88. The molecule has 2 aromatic heterocycles. The van der Waals surface area contributed by atoms with Crippen LogP contribution in [0, 0.1) is 6.92 Å². The molecule has 0 aliphatic rings. The van der Waals surface area contributed by atoms with Crippen LogP contribution in [0.3, 0.4) is 0 Å². The van der Waals surface area contributed by atoms with Crippen molar-refractivity contribution < 1.29 is 13.2 Å². The zero-order valence-electron chi connectivity index (χ0n) is 12.6. The Kier molecular flexibility index (Phi) is 5.87. The number of nitrogens with one attached hydrogen (secondary N) is 1. The van der Waals surface area contributed by atoms with Crippen molar-refractivity contribution in [3.05, 3.63) is 29.7 Å². The summed E-state index contributed by atoms with van der Waals surface area (Å²) in [6.07, 6.45) is 0.478. The second-order valence-corrected chi connectivity index (χ2v) is 5.25. The van der Waals surface area contributed by atoms with Crippen LogP contribution < -0.4 is 5.32 Å². The number of hydrogen-bond acceptors (Lipinski definition) is 3. The molecular formula is C13H19ClF3N5. The molecule has 2 rings (SSSR count). The summed E-state index contributed by atoms with van der Waals surface area (Å²) in [5, 5.41) is 11.2. The molecule has 2 heterocycles. The minimum Gasteiger partial charge on any atom is -0.364 e. The Labute approximate surface area is 132 Å². The van der Waals surface area contributed by atoms with Crippen molar-refractivity contribution >= 4 is 18.2 Å². The van der Waals surface area contributed by atoms with E-state index in [0.717, 1.165) is 16.1 Å². The van der Waals surface area contributed by atoms with E-state index < -0.39 is 12.7 Å². The highest BCUT2D eigenvalue weighted by Gasteiger charge is 2.28. The Bertz CT molecular complexity index is 603. The molecule has 0 spiro atoms. The maximum atomic E-state index is 12.2. The van der Waals surface area contributed by atoms with Crippen molar-refractivity contribution in [2.75, 3.05) is 5.32 Å². The summed E-state index contributed by atoms with van der Waals surface area (Å²) in [5.74, 6) is 0.729. The third-order valence-electron chi connectivity index (χ3n) is 2.93. The number of hydrogen-bond donors (Lipinski definition) is 1. The van der Waals surface area contributed by atoms with Crippen LogP contribution in [0.2, 0.25) is 0 Å². The van der Waals surface area contributed by atoms with Crippen molar-refractivity contribution in [2.24, 2.45) is 0 Å². The zero-order valence-corrected chi connectivity index (χ0v) is 13.4. The number of alkyl halides is 3. The quantitative estimate of drug-likeness (QED) is 0.907. The Morgan fingerprint density at radius 1 is 1.27 bits per heavy atom. The minimum atomic E-state index is -4.26. The number of aryl methyl sites for hydroxylation is 1. The first-order valence-electron chi connectivity index (χ1n) is 6.62. The van der Waals surface area contributed by atoms with Gasteiger partial charge in [0, 0.05) is 36.1 Å². The Hall–Kier alpha value is -1.70. The van der Waals surface area contributed by atoms with Gasteiger partial charge in [0.05, 0.1) is 6.20 Å². The lowest BCUT2D eigenvalue weighted by Gasteiger charge is -2.05. The standard InChI is InChI=1S/C13H18F3N5.ClH/c1-9(2)21-6-10(3)12(19-21)17-4-11-5-18-20(7-11)8-13(14,15)16;/h5-7,9H,4,8H2,1-3H3,(H,17,19);1H. The van der Waals surface area contributed by atoms with E-state index in [2.05, 4.69) is 15.5 Å². The van der Waals surface area contributed by atoms with E-state index in [1.807, 2.05) is 31.6 Å². The van der Waals surface area contributed by atoms with Crippen molar-refractivity contribution in [3.63, 3.8) is 0 Å². The van der Waals surface area contributed by atoms with Crippen molar-refractivity contribution in [3.8, 4) is 0 Å². The van der Waals surface area contributed by atoms with E-state index in [1.165, 1.54) is 12.4 Å². The number of nitrogens with zero attached hydrogens (tertiary/aromatic N) is 4. The second kappa shape index (κ2) is 7.04. The maximum Gasteiger partial charge on any atom is 0.408 e. The van der Waals surface area contributed by atoms with Crippen molar-refractivity contribution in [2.45, 2.75) is 46.1 Å². The summed E-state index contributed by atoms with van der Waals surface area (Å²) < 4.78 is 39.5. The predicted octanol–water partition coefficient (Wildman–Crippen LogP) is 3.57. The van der Waals surface area contributed by atoms with Crippen molar-refractivity contribution in [1.82, 2.24) is 19.6 Å². The Morgan fingerprint density at radius 3 is 2.50 bits per heavy atom. The number of aromatic nitrogens is 4. The molecule has 0 aliphatic heterocycles. The van der Waals surface area contributed by atoms with Gasteiger partial charge in [-0.1, -0.05) is 0 Å². The van der Waals surface area contributed by atoms with Gasteiger partial charge in [0.2, 0.25) is 0 Å². The van der Waals surface area contributed by atoms with E-state index >= 15 is 0 Å². The Morgan fingerprint density at radius 2 is 1.95 bits per heavy atom. The highest BCUT2D eigenvalue weighted by atomic mass is 35.5. The predicted molar refractivity (Wildman–Crippen MR) is 80.2 cm³/mol. The topological polar surface area (TPSA) is 47.7 Å². The third-order valence-corrected chi connectivity index (χ3v) is 2.93. The molecule has 0 fully saturated rings. The SMILES string of the molecule is Cc1cn(C(C)C)nc1NCc1cnn(CC(F)(F)F)c1.Cl. The summed E-state index contributed by atoms with van der Waals surface area (Å²) in [5.41, 5.74) is 1.67. The zero-order chi connectivity index (χ0) is 15.6. The largest absolute Gasteiger partial charge is 0.408 e. The smallest absolute Gasteiger partial charge is 0.364 e. The summed E-state index contributed by atoms with van der Waals surface area (Å²) in [6, 6.07) is 0.258. The fourth-order valence-corrected chi connectivity index (χ4v) is 1.88. The average molecular weight is 338 g/mol. The first-order chi connectivity index (χ1) is 9.74. The van der Waals surface area contributed by atoms with E-state index in [0.29, 0.717) is 12.1 Å².